The molecule has 86 valence electrons. The maximum absolute atomic E-state index is 14.0. The van der Waals surface area contributed by atoms with E-state index in [2.05, 4.69) is 4.98 Å². The summed E-state index contributed by atoms with van der Waals surface area (Å²) in [4.78, 5) is 4.04. The maximum Gasteiger partial charge on any atom is 0.201 e. The summed E-state index contributed by atoms with van der Waals surface area (Å²) in [5.41, 5.74) is 13.6. The van der Waals surface area contributed by atoms with Gasteiger partial charge in [-0.1, -0.05) is 6.92 Å². The number of imidazole rings is 1. The molecule has 1 aromatic heterocycles. The van der Waals surface area contributed by atoms with Crippen molar-refractivity contribution in [3.63, 3.8) is 0 Å². The molecular weight excluding hydrogens is 207 g/mol. The number of anilines is 2. The van der Waals surface area contributed by atoms with Crippen molar-refractivity contribution in [2.45, 2.75) is 26.8 Å². The molecule has 0 unspecified atom stereocenters. The lowest BCUT2D eigenvalue weighted by atomic mass is 10.1. The topological polar surface area (TPSA) is 69.9 Å². The number of benzene rings is 1. The van der Waals surface area contributed by atoms with Crippen molar-refractivity contribution in [1.29, 1.82) is 0 Å². The molecule has 0 saturated carbocycles. The van der Waals surface area contributed by atoms with E-state index in [1.54, 1.807) is 10.6 Å². The quantitative estimate of drug-likeness (QED) is 0.763. The molecule has 0 spiro atoms. The highest BCUT2D eigenvalue weighted by Crippen LogP contribution is 2.28. The van der Waals surface area contributed by atoms with Crippen molar-refractivity contribution in [2.24, 2.45) is 0 Å². The summed E-state index contributed by atoms with van der Waals surface area (Å²) >= 11 is 0. The van der Waals surface area contributed by atoms with Crippen LogP contribution in [0.25, 0.3) is 11.0 Å². The molecule has 0 fully saturated rings. The van der Waals surface area contributed by atoms with Gasteiger partial charge in [-0.05, 0) is 25.0 Å². The lowest BCUT2D eigenvalue weighted by molar-refractivity contribution is 0.622. The summed E-state index contributed by atoms with van der Waals surface area (Å²) in [5.74, 6) is -0.0121. The maximum atomic E-state index is 14.0. The highest BCUT2D eigenvalue weighted by molar-refractivity contribution is 5.90. The number of halogens is 1. The Hall–Kier alpha value is -1.78. The van der Waals surface area contributed by atoms with Gasteiger partial charge in [0.2, 0.25) is 5.95 Å². The van der Waals surface area contributed by atoms with Gasteiger partial charge in [0.1, 0.15) is 5.52 Å². The molecule has 5 heteroatoms. The Bertz CT molecular complexity index is 545. The fourth-order valence-corrected chi connectivity index (χ4v) is 1.96. The molecule has 2 rings (SSSR count). The van der Waals surface area contributed by atoms with E-state index >= 15 is 0 Å². The highest BCUT2D eigenvalue weighted by atomic mass is 19.1. The number of nitrogens with zero attached hydrogens (tertiary/aromatic N) is 2. The first-order valence-electron chi connectivity index (χ1n) is 5.32. The molecule has 0 aliphatic heterocycles. The van der Waals surface area contributed by atoms with E-state index in [4.69, 9.17) is 11.5 Å². The van der Waals surface area contributed by atoms with Crippen molar-refractivity contribution in [2.75, 3.05) is 11.5 Å². The molecule has 0 bridgehead atoms. The number of nitrogen functional groups attached to an aromatic ring is 2. The van der Waals surface area contributed by atoms with Crippen LogP contribution in [0.1, 0.15) is 19.4 Å². The van der Waals surface area contributed by atoms with Crippen molar-refractivity contribution in [3.8, 4) is 0 Å². The number of rotatable bonds is 2. The van der Waals surface area contributed by atoms with Gasteiger partial charge in [0.15, 0.2) is 5.82 Å². The van der Waals surface area contributed by atoms with Crippen molar-refractivity contribution < 1.29 is 4.39 Å². The fourth-order valence-electron chi connectivity index (χ4n) is 1.96. The normalized spacial score (nSPS) is 11.2. The first-order valence-corrected chi connectivity index (χ1v) is 5.32. The van der Waals surface area contributed by atoms with Crippen molar-refractivity contribution in [3.05, 3.63) is 17.4 Å². The molecule has 4 nitrogen and oxygen atoms in total. The number of nitrogens with two attached hydrogens (primary N) is 2. The van der Waals surface area contributed by atoms with Crippen molar-refractivity contribution >= 4 is 22.7 Å². The first kappa shape index (κ1) is 10.7. The second kappa shape index (κ2) is 3.66. The predicted octanol–water partition coefficient (Wildman–Crippen LogP) is 1.92. The van der Waals surface area contributed by atoms with Crippen LogP contribution in [0, 0.1) is 5.82 Å². The van der Waals surface area contributed by atoms with Gasteiger partial charge in [-0.25, -0.2) is 9.37 Å². The highest BCUT2D eigenvalue weighted by Gasteiger charge is 2.16. The number of aromatic nitrogens is 2. The predicted molar refractivity (Wildman–Crippen MR) is 63.6 cm³/mol. The Balaban J connectivity index is 2.89. The molecule has 16 heavy (non-hydrogen) atoms. The summed E-state index contributed by atoms with van der Waals surface area (Å²) in [6, 6.07) is 1.66. The zero-order chi connectivity index (χ0) is 11.9. The van der Waals surface area contributed by atoms with Crippen LogP contribution < -0.4 is 11.5 Å². The SMILES string of the molecule is CCc1cc(N)c2c(nc(N)n2CC)c1F. The standard InChI is InChI=1S/C11H15FN4/c1-3-6-5-7(13)10-9(8(6)12)15-11(14)16(10)4-2/h5H,3-4,13H2,1-2H3,(H2,14,15). The Morgan fingerprint density at radius 2 is 2.06 bits per heavy atom. The average Bonchev–Trinajstić information content (AvgIpc) is 2.61. The van der Waals surface area contributed by atoms with Gasteiger partial charge in [-0.2, -0.15) is 0 Å². The number of hydrogen-bond acceptors (Lipinski definition) is 3. The summed E-state index contributed by atoms with van der Waals surface area (Å²) in [6.07, 6.45) is 0.588. The first-order chi connectivity index (χ1) is 7.60. The van der Waals surface area contributed by atoms with Gasteiger partial charge in [0, 0.05) is 6.54 Å². The summed E-state index contributed by atoms with van der Waals surface area (Å²) in [7, 11) is 0. The van der Waals surface area contributed by atoms with Crippen LogP contribution in [0.5, 0.6) is 0 Å². The zero-order valence-electron chi connectivity index (χ0n) is 9.42. The van der Waals surface area contributed by atoms with Crippen LogP contribution in [-0.4, -0.2) is 9.55 Å². The Labute approximate surface area is 93.1 Å². The minimum Gasteiger partial charge on any atom is -0.397 e. The average molecular weight is 222 g/mol. The van der Waals surface area contributed by atoms with Crippen molar-refractivity contribution in [1.82, 2.24) is 9.55 Å². The van der Waals surface area contributed by atoms with Crippen LogP contribution in [0.2, 0.25) is 0 Å². The van der Waals surface area contributed by atoms with E-state index in [-0.39, 0.29) is 11.3 Å². The van der Waals surface area contributed by atoms with E-state index in [1.807, 2.05) is 13.8 Å². The van der Waals surface area contributed by atoms with E-state index in [9.17, 15) is 4.39 Å². The van der Waals surface area contributed by atoms with Crippen LogP contribution in [0.3, 0.4) is 0 Å². The summed E-state index contributed by atoms with van der Waals surface area (Å²) in [5, 5.41) is 0. The van der Waals surface area contributed by atoms with Gasteiger partial charge in [-0.15, -0.1) is 0 Å². The molecular formula is C11H15FN4. The van der Waals surface area contributed by atoms with E-state index in [0.29, 0.717) is 35.7 Å². The second-order valence-electron chi connectivity index (χ2n) is 3.70. The van der Waals surface area contributed by atoms with Crippen LogP contribution in [0.4, 0.5) is 16.0 Å². The number of fused-ring (bicyclic) bond motifs is 1. The van der Waals surface area contributed by atoms with E-state index in [0.717, 1.165) is 0 Å². The molecule has 0 radical (unpaired) electrons. The summed E-state index contributed by atoms with van der Waals surface area (Å²) in [6.45, 7) is 4.42. The molecule has 2 aromatic rings. The van der Waals surface area contributed by atoms with E-state index < -0.39 is 0 Å². The smallest absolute Gasteiger partial charge is 0.201 e. The molecule has 0 atom stereocenters. The molecule has 0 amide bonds. The largest absolute Gasteiger partial charge is 0.397 e. The molecule has 4 N–H and O–H groups in total. The minimum absolute atomic E-state index is 0.274. The van der Waals surface area contributed by atoms with Crippen LogP contribution >= 0.6 is 0 Å². The van der Waals surface area contributed by atoms with Crippen LogP contribution in [-0.2, 0) is 13.0 Å². The molecule has 0 aliphatic carbocycles. The number of hydrogen-bond donors (Lipinski definition) is 2. The third-order valence-corrected chi connectivity index (χ3v) is 2.79. The molecule has 0 saturated heterocycles. The Kier molecular flexibility index (Phi) is 2.46. The van der Waals surface area contributed by atoms with Gasteiger partial charge in [-0.3, -0.25) is 0 Å². The second-order valence-corrected chi connectivity index (χ2v) is 3.70. The Morgan fingerprint density at radius 3 is 2.62 bits per heavy atom. The van der Waals surface area contributed by atoms with Gasteiger partial charge in [0.05, 0.1) is 11.2 Å². The minimum atomic E-state index is -0.314. The van der Waals surface area contributed by atoms with Gasteiger partial charge >= 0.3 is 0 Å². The molecule has 1 heterocycles. The molecule has 1 aromatic carbocycles. The monoisotopic (exact) mass is 222 g/mol. The Morgan fingerprint density at radius 1 is 1.38 bits per heavy atom. The summed E-state index contributed by atoms with van der Waals surface area (Å²) < 4.78 is 15.7. The molecule has 0 aliphatic rings. The van der Waals surface area contributed by atoms with Gasteiger partial charge < -0.3 is 16.0 Å². The third-order valence-electron chi connectivity index (χ3n) is 2.79. The van der Waals surface area contributed by atoms with Crippen LogP contribution in [0.15, 0.2) is 6.07 Å². The fraction of sp³-hybridized carbons (Fsp3) is 0.364. The lowest BCUT2D eigenvalue weighted by Gasteiger charge is -2.06. The zero-order valence-corrected chi connectivity index (χ0v) is 9.42. The third kappa shape index (κ3) is 1.31. The number of aryl methyl sites for hydroxylation is 2. The van der Waals surface area contributed by atoms with E-state index in [1.165, 1.54) is 0 Å². The lowest BCUT2D eigenvalue weighted by Crippen LogP contribution is -2.03. The van der Waals surface area contributed by atoms with Gasteiger partial charge in [0.25, 0.3) is 0 Å².